The highest BCUT2D eigenvalue weighted by Gasteiger charge is 2.32. The van der Waals surface area contributed by atoms with Crippen molar-refractivity contribution in [1.29, 1.82) is 0 Å². The second kappa shape index (κ2) is 10.4. The first-order valence-corrected chi connectivity index (χ1v) is 12.8. The number of hydrogen-bond donors (Lipinski definition) is 2. The van der Waals surface area contributed by atoms with E-state index in [1.807, 2.05) is 12.3 Å². The van der Waals surface area contributed by atoms with Gasteiger partial charge >= 0.3 is 6.09 Å². The van der Waals surface area contributed by atoms with Gasteiger partial charge in [0, 0.05) is 28.9 Å². The molecule has 34 heavy (non-hydrogen) atoms. The molecule has 0 bridgehead atoms. The predicted octanol–water partition coefficient (Wildman–Crippen LogP) is 3.76. The minimum Gasteiger partial charge on any atom is -0.493 e. The van der Waals surface area contributed by atoms with Gasteiger partial charge in [0.05, 0.1) is 31.6 Å². The summed E-state index contributed by atoms with van der Waals surface area (Å²) in [5.74, 6) is 1.56. The van der Waals surface area contributed by atoms with Crippen LogP contribution in [0, 0.1) is 5.92 Å². The van der Waals surface area contributed by atoms with Crippen molar-refractivity contribution in [1.82, 2.24) is 20.4 Å². The number of carbonyl (C=O) groups excluding carboxylic acids is 1. The standard InChI is InChI=1S/C26H37N5O3/c1-18-3-4-23-24(31(18)26(32)33-2)6-5-22(25(23)34-14-10-19-7-11-28-15-19)20-16-29-30(17-20)21-8-12-27-13-9-21/h5-6,16-19,21,27-28H,3-4,7-15H2,1-2H3/t18-,19+/m0/s1. The molecule has 0 aliphatic carbocycles. The fourth-order valence-corrected chi connectivity index (χ4v) is 5.61. The van der Waals surface area contributed by atoms with Gasteiger partial charge in [0.1, 0.15) is 5.75 Å². The molecule has 0 unspecified atom stereocenters. The van der Waals surface area contributed by atoms with Gasteiger partial charge in [-0.1, -0.05) is 0 Å². The molecule has 184 valence electrons. The SMILES string of the molecule is COC(=O)N1c2ccc(-c3cnn(C4CCNCC4)c3)c(OCC[C@H]3CCNC3)c2CC[C@@H]1C. The topological polar surface area (TPSA) is 80.7 Å². The van der Waals surface area contributed by atoms with E-state index in [0.29, 0.717) is 18.6 Å². The molecular formula is C26H37N5O3. The number of piperidine rings is 1. The minimum atomic E-state index is -0.317. The average molecular weight is 468 g/mol. The molecule has 1 aromatic heterocycles. The van der Waals surface area contributed by atoms with Crippen LogP contribution in [0.25, 0.3) is 11.1 Å². The largest absolute Gasteiger partial charge is 0.493 e. The number of fused-ring (bicyclic) bond motifs is 1. The van der Waals surface area contributed by atoms with E-state index in [1.165, 1.54) is 13.5 Å². The van der Waals surface area contributed by atoms with Gasteiger partial charge in [-0.3, -0.25) is 9.58 Å². The molecule has 8 nitrogen and oxygen atoms in total. The Morgan fingerprint density at radius 1 is 1.15 bits per heavy atom. The zero-order valence-electron chi connectivity index (χ0n) is 20.4. The lowest BCUT2D eigenvalue weighted by atomic mass is 9.92. The lowest BCUT2D eigenvalue weighted by Gasteiger charge is -2.35. The first-order valence-electron chi connectivity index (χ1n) is 12.8. The molecule has 5 rings (SSSR count). The highest BCUT2D eigenvalue weighted by molar-refractivity contribution is 5.92. The first kappa shape index (κ1) is 23.2. The number of rotatable bonds is 6. The fourth-order valence-electron chi connectivity index (χ4n) is 5.61. The van der Waals surface area contributed by atoms with Gasteiger partial charge < -0.3 is 20.1 Å². The van der Waals surface area contributed by atoms with E-state index in [-0.39, 0.29) is 12.1 Å². The minimum absolute atomic E-state index is 0.0888. The van der Waals surface area contributed by atoms with Gasteiger partial charge in [0.15, 0.2) is 0 Å². The molecule has 2 saturated heterocycles. The number of nitrogens with one attached hydrogen (secondary N) is 2. The van der Waals surface area contributed by atoms with E-state index in [2.05, 4.69) is 34.5 Å². The molecule has 1 aromatic carbocycles. The summed E-state index contributed by atoms with van der Waals surface area (Å²) in [6.07, 6.45) is 9.98. The van der Waals surface area contributed by atoms with Crippen molar-refractivity contribution in [3.63, 3.8) is 0 Å². The molecule has 2 N–H and O–H groups in total. The third-order valence-electron chi connectivity index (χ3n) is 7.65. The van der Waals surface area contributed by atoms with Gasteiger partial charge in [-0.15, -0.1) is 0 Å². The maximum absolute atomic E-state index is 12.6. The van der Waals surface area contributed by atoms with E-state index < -0.39 is 0 Å². The van der Waals surface area contributed by atoms with Crippen molar-refractivity contribution < 1.29 is 14.3 Å². The Labute approximate surface area is 202 Å². The van der Waals surface area contributed by atoms with Crippen LogP contribution in [0.1, 0.15) is 50.6 Å². The van der Waals surface area contributed by atoms with Crippen molar-refractivity contribution in [3.05, 3.63) is 30.1 Å². The molecule has 1 amide bonds. The summed E-state index contributed by atoms with van der Waals surface area (Å²) in [6, 6.07) is 4.66. The zero-order valence-corrected chi connectivity index (χ0v) is 20.4. The predicted molar refractivity (Wildman–Crippen MR) is 133 cm³/mol. The van der Waals surface area contributed by atoms with Crippen molar-refractivity contribution in [2.45, 2.75) is 57.5 Å². The molecule has 2 fully saturated rings. The van der Waals surface area contributed by atoms with Gasteiger partial charge in [-0.05, 0) is 89.7 Å². The Morgan fingerprint density at radius 2 is 1.97 bits per heavy atom. The molecule has 2 aromatic rings. The molecular weight excluding hydrogens is 430 g/mol. The van der Waals surface area contributed by atoms with Crippen LogP contribution in [-0.2, 0) is 11.2 Å². The second-order valence-electron chi connectivity index (χ2n) is 9.85. The average Bonchev–Trinajstić information content (AvgIpc) is 3.57. The monoisotopic (exact) mass is 467 g/mol. The van der Waals surface area contributed by atoms with Gasteiger partial charge in [0.2, 0.25) is 0 Å². The maximum atomic E-state index is 12.6. The molecule has 3 aliphatic heterocycles. The van der Waals surface area contributed by atoms with Crippen LogP contribution < -0.4 is 20.3 Å². The summed E-state index contributed by atoms with van der Waals surface area (Å²) < 4.78 is 13.8. The summed E-state index contributed by atoms with van der Waals surface area (Å²) in [5.41, 5.74) is 4.13. The van der Waals surface area contributed by atoms with Gasteiger partial charge in [-0.2, -0.15) is 5.10 Å². The number of ether oxygens (including phenoxy) is 2. The van der Waals surface area contributed by atoms with Crippen LogP contribution in [0.15, 0.2) is 24.5 Å². The molecule has 4 heterocycles. The van der Waals surface area contributed by atoms with Gasteiger partial charge in [-0.25, -0.2) is 4.79 Å². The Balaban J connectivity index is 1.48. The number of amides is 1. The summed E-state index contributed by atoms with van der Waals surface area (Å²) in [5, 5.41) is 11.6. The van der Waals surface area contributed by atoms with Crippen LogP contribution in [0.2, 0.25) is 0 Å². The molecule has 2 atom stereocenters. The third-order valence-corrected chi connectivity index (χ3v) is 7.65. The number of methoxy groups -OCH3 is 1. The lowest BCUT2D eigenvalue weighted by molar-refractivity contribution is 0.175. The van der Waals surface area contributed by atoms with E-state index in [0.717, 1.165) is 86.4 Å². The van der Waals surface area contributed by atoms with Crippen LogP contribution in [0.5, 0.6) is 5.75 Å². The summed E-state index contributed by atoms with van der Waals surface area (Å²) >= 11 is 0. The second-order valence-corrected chi connectivity index (χ2v) is 9.85. The zero-order chi connectivity index (χ0) is 23.5. The highest BCUT2D eigenvalue weighted by Crippen LogP contribution is 2.43. The van der Waals surface area contributed by atoms with Crippen LogP contribution in [0.4, 0.5) is 10.5 Å². The van der Waals surface area contributed by atoms with E-state index in [4.69, 9.17) is 14.6 Å². The first-order chi connectivity index (χ1) is 16.7. The Kier molecular flexibility index (Phi) is 7.06. The number of anilines is 1. The molecule has 3 aliphatic rings. The third kappa shape index (κ3) is 4.66. The van der Waals surface area contributed by atoms with Crippen LogP contribution in [0.3, 0.4) is 0 Å². The smallest absolute Gasteiger partial charge is 0.414 e. The molecule has 0 saturated carbocycles. The van der Waals surface area contributed by atoms with Crippen LogP contribution >= 0.6 is 0 Å². The molecule has 0 spiro atoms. The lowest BCUT2D eigenvalue weighted by Crippen LogP contribution is -2.42. The maximum Gasteiger partial charge on any atom is 0.414 e. The number of carbonyl (C=O) groups is 1. The number of benzene rings is 1. The molecule has 0 radical (unpaired) electrons. The Hall–Kier alpha value is -2.58. The summed E-state index contributed by atoms with van der Waals surface area (Å²) in [6.45, 7) is 6.98. The Bertz CT molecular complexity index is 994. The summed E-state index contributed by atoms with van der Waals surface area (Å²) in [4.78, 5) is 14.4. The molecule has 8 heteroatoms. The number of hydrogen-bond acceptors (Lipinski definition) is 6. The van der Waals surface area contributed by atoms with E-state index >= 15 is 0 Å². The number of nitrogens with zero attached hydrogens (tertiary/aromatic N) is 3. The van der Waals surface area contributed by atoms with E-state index in [1.54, 1.807) is 4.90 Å². The normalized spacial score (nSPS) is 23.1. The summed E-state index contributed by atoms with van der Waals surface area (Å²) in [7, 11) is 1.44. The van der Waals surface area contributed by atoms with Crippen molar-refractivity contribution in [3.8, 4) is 16.9 Å². The van der Waals surface area contributed by atoms with Crippen molar-refractivity contribution >= 4 is 11.8 Å². The van der Waals surface area contributed by atoms with Crippen molar-refractivity contribution in [2.75, 3.05) is 44.8 Å². The Morgan fingerprint density at radius 3 is 2.74 bits per heavy atom. The highest BCUT2D eigenvalue weighted by atomic mass is 16.5. The fraction of sp³-hybridized carbons (Fsp3) is 0.615. The van der Waals surface area contributed by atoms with Crippen molar-refractivity contribution in [2.24, 2.45) is 5.92 Å². The van der Waals surface area contributed by atoms with Crippen LogP contribution in [-0.4, -0.2) is 61.8 Å². The van der Waals surface area contributed by atoms with E-state index in [9.17, 15) is 4.79 Å². The van der Waals surface area contributed by atoms with Gasteiger partial charge in [0.25, 0.3) is 0 Å². The number of aromatic nitrogens is 2. The quantitative estimate of drug-likeness (QED) is 0.673.